The molecule has 68 valence electrons. The predicted molar refractivity (Wildman–Crippen MR) is 50.4 cm³/mol. The van der Waals surface area contributed by atoms with Gasteiger partial charge in [-0.1, -0.05) is 6.92 Å². The molecule has 3 nitrogen and oxygen atoms in total. The van der Waals surface area contributed by atoms with Crippen LogP contribution in [0.2, 0.25) is 0 Å². The lowest BCUT2D eigenvalue weighted by Gasteiger charge is -2.04. The van der Waals surface area contributed by atoms with Crippen LogP contribution in [0.3, 0.4) is 0 Å². The summed E-state index contributed by atoms with van der Waals surface area (Å²) in [5.74, 6) is -0.282. The van der Waals surface area contributed by atoms with Crippen LogP contribution < -0.4 is 0 Å². The van der Waals surface area contributed by atoms with Crippen molar-refractivity contribution >= 4 is 6.29 Å². The molecule has 0 heterocycles. The molecule has 0 N–H and O–H groups in total. The first-order valence-corrected chi connectivity index (χ1v) is 4.11. The Morgan fingerprint density at radius 2 is 1.71 bits per heavy atom. The van der Waals surface area contributed by atoms with E-state index in [1.165, 1.54) is 6.07 Å². The number of carbonyl (C=O) groups excluding carboxylic acids is 1. The van der Waals surface area contributed by atoms with Crippen LogP contribution in [0.1, 0.15) is 29.5 Å². The van der Waals surface area contributed by atoms with Gasteiger partial charge < -0.3 is 4.79 Å². The van der Waals surface area contributed by atoms with Gasteiger partial charge in [-0.3, -0.25) is 0 Å². The summed E-state index contributed by atoms with van der Waals surface area (Å²) in [6.45, 7) is 1.73. The molecule has 0 aromatic heterocycles. The summed E-state index contributed by atoms with van der Waals surface area (Å²) in [5.41, 5.74) is 1.52. The smallest absolute Gasteiger partial charge is 0.127 e. The summed E-state index contributed by atoms with van der Waals surface area (Å²) in [7, 11) is 0. The van der Waals surface area contributed by atoms with Crippen LogP contribution in [-0.4, -0.2) is 6.29 Å². The maximum atomic E-state index is 10.5. The second kappa shape index (κ2) is 4.20. The number of hydrogen-bond acceptors (Lipinski definition) is 3. The largest absolute Gasteiger partial charge is 0.303 e. The molecule has 0 saturated heterocycles. The van der Waals surface area contributed by atoms with Crippen molar-refractivity contribution in [3.63, 3.8) is 0 Å². The molecule has 0 amide bonds. The lowest BCUT2D eigenvalue weighted by atomic mass is 9.98. The normalized spacial score (nSPS) is 11.1. The van der Waals surface area contributed by atoms with E-state index >= 15 is 0 Å². The molecule has 0 aliphatic carbocycles. The van der Waals surface area contributed by atoms with E-state index in [0.717, 1.165) is 6.29 Å². The van der Waals surface area contributed by atoms with E-state index in [1.807, 2.05) is 12.1 Å². The van der Waals surface area contributed by atoms with Crippen molar-refractivity contribution in [3.05, 3.63) is 34.9 Å². The minimum absolute atomic E-state index is 0.282. The van der Waals surface area contributed by atoms with Crippen molar-refractivity contribution in [1.29, 1.82) is 10.5 Å². The SMILES string of the molecule is CC(C=O)c1cc(C#N)cc(C#N)c1. The van der Waals surface area contributed by atoms with Crippen LogP contribution in [0.4, 0.5) is 0 Å². The first-order valence-electron chi connectivity index (χ1n) is 4.11. The first kappa shape index (κ1) is 9.95. The van der Waals surface area contributed by atoms with Gasteiger partial charge in [0.1, 0.15) is 6.29 Å². The molecule has 0 fully saturated rings. The van der Waals surface area contributed by atoms with E-state index in [0.29, 0.717) is 16.7 Å². The van der Waals surface area contributed by atoms with E-state index in [4.69, 9.17) is 10.5 Å². The van der Waals surface area contributed by atoms with E-state index in [1.54, 1.807) is 19.1 Å². The van der Waals surface area contributed by atoms with Gasteiger partial charge in [-0.25, -0.2) is 0 Å². The highest BCUT2D eigenvalue weighted by Crippen LogP contribution is 2.16. The Bertz CT molecular complexity index is 405. The molecular weight excluding hydrogens is 176 g/mol. The average molecular weight is 184 g/mol. The number of benzene rings is 1. The average Bonchev–Trinajstić information content (AvgIpc) is 2.27. The molecular formula is C11H8N2O. The Hall–Kier alpha value is -2.13. The zero-order valence-corrected chi connectivity index (χ0v) is 7.69. The molecule has 3 heteroatoms. The number of nitriles is 2. The summed E-state index contributed by atoms with van der Waals surface area (Å²) >= 11 is 0. The van der Waals surface area contributed by atoms with Crippen molar-refractivity contribution in [1.82, 2.24) is 0 Å². The highest BCUT2D eigenvalue weighted by molar-refractivity contribution is 5.62. The van der Waals surface area contributed by atoms with Crippen molar-refractivity contribution in [2.45, 2.75) is 12.8 Å². The second-order valence-electron chi connectivity index (χ2n) is 2.99. The minimum atomic E-state index is -0.282. The number of rotatable bonds is 2. The molecule has 0 saturated carbocycles. The Labute approximate surface area is 82.2 Å². The standard InChI is InChI=1S/C11H8N2O/c1-8(7-14)11-3-9(5-12)2-10(4-11)6-13/h2-4,7-8H,1H3. The van der Waals surface area contributed by atoms with Gasteiger partial charge in [-0.2, -0.15) is 10.5 Å². The molecule has 0 radical (unpaired) electrons. The van der Waals surface area contributed by atoms with Gasteiger partial charge in [0, 0.05) is 5.92 Å². The van der Waals surface area contributed by atoms with Crippen molar-refractivity contribution in [2.75, 3.05) is 0 Å². The molecule has 1 atom stereocenters. The fourth-order valence-electron chi connectivity index (χ4n) is 1.12. The lowest BCUT2D eigenvalue weighted by molar-refractivity contribution is -0.108. The van der Waals surface area contributed by atoms with Crippen LogP contribution >= 0.6 is 0 Å². The Balaban J connectivity index is 3.27. The van der Waals surface area contributed by atoms with Gasteiger partial charge in [0.2, 0.25) is 0 Å². The fourth-order valence-corrected chi connectivity index (χ4v) is 1.12. The van der Waals surface area contributed by atoms with Gasteiger partial charge in [0.25, 0.3) is 0 Å². The lowest BCUT2D eigenvalue weighted by Crippen LogP contribution is -1.96. The summed E-state index contributed by atoms with van der Waals surface area (Å²) in [6, 6.07) is 8.66. The highest BCUT2D eigenvalue weighted by atomic mass is 16.1. The summed E-state index contributed by atoms with van der Waals surface area (Å²) < 4.78 is 0. The Morgan fingerprint density at radius 3 is 2.07 bits per heavy atom. The molecule has 0 bridgehead atoms. The van der Waals surface area contributed by atoms with Crippen LogP contribution in [0, 0.1) is 22.7 Å². The Morgan fingerprint density at radius 1 is 1.21 bits per heavy atom. The van der Waals surface area contributed by atoms with Crippen LogP contribution in [0.5, 0.6) is 0 Å². The van der Waals surface area contributed by atoms with Crippen LogP contribution in [0.25, 0.3) is 0 Å². The van der Waals surface area contributed by atoms with E-state index in [9.17, 15) is 4.79 Å². The number of hydrogen-bond donors (Lipinski definition) is 0. The molecule has 1 aromatic rings. The van der Waals surface area contributed by atoms with Crippen molar-refractivity contribution in [3.8, 4) is 12.1 Å². The summed E-state index contributed by atoms with van der Waals surface area (Å²) in [5, 5.41) is 17.4. The molecule has 1 rings (SSSR count). The predicted octanol–water partition coefficient (Wildman–Crippen LogP) is 1.73. The van der Waals surface area contributed by atoms with Gasteiger partial charge in [0.15, 0.2) is 0 Å². The fraction of sp³-hybridized carbons (Fsp3) is 0.182. The summed E-state index contributed by atoms with van der Waals surface area (Å²) in [4.78, 5) is 10.5. The maximum absolute atomic E-state index is 10.5. The summed E-state index contributed by atoms with van der Waals surface area (Å²) in [6.07, 6.45) is 0.789. The van der Waals surface area contributed by atoms with Gasteiger partial charge >= 0.3 is 0 Å². The van der Waals surface area contributed by atoms with Crippen molar-refractivity contribution < 1.29 is 4.79 Å². The van der Waals surface area contributed by atoms with Crippen molar-refractivity contribution in [2.24, 2.45) is 0 Å². The quantitative estimate of drug-likeness (QED) is 0.657. The topological polar surface area (TPSA) is 64.7 Å². The molecule has 0 spiro atoms. The minimum Gasteiger partial charge on any atom is -0.303 e. The first-order chi connectivity index (χ1) is 6.71. The number of carbonyl (C=O) groups is 1. The molecule has 14 heavy (non-hydrogen) atoms. The molecule has 0 aliphatic rings. The third kappa shape index (κ3) is 1.97. The maximum Gasteiger partial charge on any atom is 0.127 e. The number of aldehydes is 1. The van der Waals surface area contributed by atoms with Crippen LogP contribution in [-0.2, 0) is 4.79 Å². The third-order valence-corrected chi connectivity index (χ3v) is 1.94. The van der Waals surface area contributed by atoms with Gasteiger partial charge in [-0.15, -0.1) is 0 Å². The Kier molecular flexibility index (Phi) is 2.99. The molecule has 0 aliphatic heterocycles. The number of nitrogens with zero attached hydrogens (tertiary/aromatic N) is 2. The zero-order chi connectivity index (χ0) is 10.6. The second-order valence-corrected chi connectivity index (χ2v) is 2.99. The molecule has 1 aromatic carbocycles. The molecule has 1 unspecified atom stereocenters. The highest BCUT2D eigenvalue weighted by Gasteiger charge is 2.06. The van der Waals surface area contributed by atoms with Gasteiger partial charge in [0.05, 0.1) is 23.3 Å². The zero-order valence-electron chi connectivity index (χ0n) is 7.69. The monoisotopic (exact) mass is 184 g/mol. The van der Waals surface area contributed by atoms with Gasteiger partial charge in [-0.05, 0) is 23.8 Å². The van der Waals surface area contributed by atoms with E-state index < -0.39 is 0 Å². The third-order valence-electron chi connectivity index (χ3n) is 1.94. The van der Waals surface area contributed by atoms with E-state index in [-0.39, 0.29) is 5.92 Å². The van der Waals surface area contributed by atoms with Crippen LogP contribution in [0.15, 0.2) is 18.2 Å². The van der Waals surface area contributed by atoms with E-state index in [2.05, 4.69) is 0 Å².